The molecule has 0 aliphatic carbocycles. The first-order chi connectivity index (χ1) is 24.2. The first-order valence-electron chi connectivity index (χ1n) is 16.5. The molecule has 234 valence electrons. The van der Waals surface area contributed by atoms with Gasteiger partial charge in [0.1, 0.15) is 17.4 Å². The van der Waals surface area contributed by atoms with E-state index < -0.39 is 0 Å². The molecular formula is C44H32N4S. The zero-order chi connectivity index (χ0) is 32.6. The fourth-order valence-electron chi connectivity index (χ4n) is 6.64. The van der Waals surface area contributed by atoms with Crippen LogP contribution in [-0.2, 0) is 0 Å². The Morgan fingerprint density at radius 1 is 0.469 bits per heavy atom. The Balaban J connectivity index is 1.09. The lowest BCUT2D eigenvalue weighted by Crippen LogP contribution is -2.33. The molecule has 2 heterocycles. The van der Waals surface area contributed by atoms with Gasteiger partial charge in [-0.25, -0.2) is 9.98 Å². The summed E-state index contributed by atoms with van der Waals surface area (Å²) in [5.41, 5.74) is 10.2. The van der Waals surface area contributed by atoms with Crippen LogP contribution in [0, 0.1) is 0 Å². The average molecular weight is 649 g/mol. The Bertz CT molecular complexity index is 2370. The molecule has 0 amide bonds. The molecule has 0 aromatic heterocycles. The fraction of sp³-hybridized carbons (Fsp3) is 0.0455. The molecule has 2 N–H and O–H groups in total. The summed E-state index contributed by atoms with van der Waals surface area (Å²) in [6, 6.07) is 59.9. The highest BCUT2D eigenvalue weighted by Gasteiger charge is 2.25. The van der Waals surface area contributed by atoms with Crippen molar-refractivity contribution in [2.75, 3.05) is 5.32 Å². The predicted molar refractivity (Wildman–Crippen MR) is 205 cm³/mol. The van der Waals surface area contributed by atoms with Crippen LogP contribution >= 0.6 is 11.8 Å². The maximum atomic E-state index is 5.15. The largest absolute Gasteiger partial charge is 0.368 e. The van der Waals surface area contributed by atoms with Gasteiger partial charge in [-0.1, -0.05) is 157 Å². The fourth-order valence-corrected chi connectivity index (χ4v) is 7.80. The predicted octanol–water partition coefficient (Wildman–Crippen LogP) is 10.9. The Labute approximate surface area is 290 Å². The third-order valence-electron chi connectivity index (χ3n) is 9.16. The summed E-state index contributed by atoms with van der Waals surface area (Å²) in [7, 11) is 0. The lowest BCUT2D eigenvalue weighted by atomic mass is 9.98. The third kappa shape index (κ3) is 5.79. The van der Waals surface area contributed by atoms with E-state index in [1.54, 1.807) is 0 Å². The van der Waals surface area contributed by atoms with Crippen LogP contribution in [0.1, 0.15) is 33.8 Å². The molecule has 7 aromatic carbocycles. The third-order valence-corrected chi connectivity index (χ3v) is 10.4. The lowest BCUT2D eigenvalue weighted by Gasteiger charge is -2.24. The van der Waals surface area contributed by atoms with E-state index in [1.807, 2.05) is 23.9 Å². The number of nitrogens with one attached hydrogen (secondary N) is 2. The Hall–Kier alpha value is -5.91. The molecule has 49 heavy (non-hydrogen) atoms. The minimum Gasteiger partial charge on any atom is -0.368 e. The summed E-state index contributed by atoms with van der Waals surface area (Å²) in [6.45, 7) is 0. The van der Waals surface area contributed by atoms with Crippen molar-refractivity contribution in [3.8, 4) is 22.3 Å². The molecule has 2 aliphatic rings. The minimum absolute atomic E-state index is 0.199. The highest BCUT2D eigenvalue weighted by Crippen LogP contribution is 2.49. The standard InChI is InChI=1S/C44H32N4S/c1-4-12-29(13-5-1)33-18-10-20-36(26-33)42-46-41(31-14-6-2-7-15-31)47-43(48-42)37-21-11-19-34(27-37)35-23-22-30-24-25-39-40(38(30)28-35)45-44(49-39)32-16-8-3-9-17-32/h1-28,41,44-45H,(H,46,47,48). The molecule has 0 bridgehead atoms. The first kappa shape index (κ1) is 29.2. The monoisotopic (exact) mass is 648 g/mol. The second kappa shape index (κ2) is 12.6. The number of anilines is 1. The van der Waals surface area contributed by atoms with Crippen molar-refractivity contribution in [2.24, 2.45) is 9.98 Å². The van der Waals surface area contributed by atoms with Crippen LogP contribution in [-0.4, -0.2) is 11.7 Å². The van der Waals surface area contributed by atoms with Crippen molar-refractivity contribution in [1.29, 1.82) is 0 Å². The molecule has 9 rings (SSSR count). The highest BCUT2D eigenvalue weighted by atomic mass is 32.2. The summed E-state index contributed by atoms with van der Waals surface area (Å²) >= 11 is 1.88. The van der Waals surface area contributed by atoms with Gasteiger partial charge in [0.2, 0.25) is 0 Å². The summed E-state index contributed by atoms with van der Waals surface area (Å²) in [5, 5.41) is 10.1. The van der Waals surface area contributed by atoms with Gasteiger partial charge in [0.05, 0.1) is 5.69 Å². The topological polar surface area (TPSA) is 48.8 Å². The number of benzene rings is 7. The van der Waals surface area contributed by atoms with E-state index in [0.29, 0.717) is 5.84 Å². The van der Waals surface area contributed by atoms with E-state index in [-0.39, 0.29) is 11.5 Å². The number of aliphatic imine (C=N–C) groups is 2. The first-order valence-corrected chi connectivity index (χ1v) is 17.4. The Morgan fingerprint density at radius 3 is 1.84 bits per heavy atom. The van der Waals surface area contributed by atoms with Crippen LogP contribution in [0.15, 0.2) is 185 Å². The molecule has 2 unspecified atom stereocenters. The van der Waals surface area contributed by atoms with Crippen LogP contribution in [0.2, 0.25) is 0 Å². The van der Waals surface area contributed by atoms with E-state index in [2.05, 4.69) is 168 Å². The van der Waals surface area contributed by atoms with Crippen molar-refractivity contribution in [2.45, 2.75) is 16.4 Å². The van der Waals surface area contributed by atoms with Gasteiger partial charge < -0.3 is 10.6 Å². The van der Waals surface area contributed by atoms with Gasteiger partial charge in [-0.3, -0.25) is 0 Å². The van der Waals surface area contributed by atoms with Crippen molar-refractivity contribution in [3.63, 3.8) is 0 Å². The molecule has 5 heteroatoms. The van der Waals surface area contributed by atoms with Crippen molar-refractivity contribution in [1.82, 2.24) is 5.32 Å². The smallest absolute Gasteiger partial charge is 0.159 e. The molecule has 2 atom stereocenters. The van der Waals surface area contributed by atoms with Gasteiger partial charge in [-0.05, 0) is 63.0 Å². The SMILES string of the molecule is c1ccc(-c2cccc(C3=NC(c4cccc(-c5ccc6ccc7c(c6c5)NC(c5ccccc5)S7)c4)=NC(c4ccccc4)N3)c2)cc1. The van der Waals surface area contributed by atoms with Gasteiger partial charge in [0, 0.05) is 21.4 Å². The molecule has 7 aromatic rings. The van der Waals surface area contributed by atoms with Crippen LogP contribution in [0.25, 0.3) is 33.0 Å². The minimum atomic E-state index is -0.267. The Morgan fingerprint density at radius 2 is 1.06 bits per heavy atom. The van der Waals surface area contributed by atoms with Crippen LogP contribution in [0.4, 0.5) is 5.69 Å². The molecule has 0 fully saturated rings. The maximum Gasteiger partial charge on any atom is 0.159 e. The molecule has 0 saturated heterocycles. The van der Waals surface area contributed by atoms with Gasteiger partial charge in [-0.15, -0.1) is 0 Å². The van der Waals surface area contributed by atoms with Crippen LogP contribution < -0.4 is 10.6 Å². The normalized spacial score (nSPS) is 16.7. The second-order valence-corrected chi connectivity index (χ2v) is 13.5. The summed E-state index contributed by atoms with van der Waals surface area (Å²) in [5.74, 6) is 1.51. The summed E-state index contributed by atoms with van der Waals surface area (Å²) < 4.78 is 0. The van der Waals surface area contributed by atoms with Gasteiger partial charge in [-0.2, -0.15) is 0 Å². The molecule has 4 nitrogen and oxygen atoms in total. The number of nitrogens with zero attached hydrogens (tertiary/aromatic N) is 2. The molecule has 2 aliphatic heterocycles. The van der Waals surface area contributed by atoms with E-state index in [9.17, 15) is 0 Å². The van der Waals surface area contributed by atoms with E-state index in [1.165, 1.54) is 32.5 Å². The Kier molecular flexibility index (Phi) is 7.52. The molecule has 0 spiro atoms. The van der Waals surface area contributed by atoms with E-state index in [0.717, 1.165) is 39.2 Å². The number of hydrogen-bond acceptors (Lipinski definition) is 5. The molecule has 0 saturated carbocycles. The number of fused-ring (bicyclic) bond motifs is 3. The highest BCUT2D eigenvalue weighted by molar-refractivity contribution is 8.00. The van der Waals surface area contributed by atoms with E-state index in [4.69, 9.17) is 9.98 Å². The number of amidine groups is 2. The lowest BCUT2D eigenvalue weighted by molar-refractivity contribution is 0.674. The molecule has 0 radical (unpaired) electrons. The zero-order valence-electron chi connectivity index (χ0n) is 26.6. The molecular weight excluding hydrogens is 617 g/mol. The van der Waals surface area contributed by atoms with E-state index >= 15 is 0 Å². The van der Waals surface area contributed by atoms with Crippen LogP contribution in [0.3, 0.4) is 0 Å². The maximum absolute atomic E-state index is 5.15. The number of thioether (sulfide) groups is 1. The average Bonchev–Trinajstić information content (AvgIpc) is 3.64. The number of rotatable bonds is 6. The number of hydrogen-bond donors (Lipinski definition) is 2. The van der Waals surface area contributed by atoms with Gasteiger partial charge in [0.25, 0.3) is 0 Å². The van der Waals surface area contributed by atoms with Gasteiger partial charge in [0.15, 0.2) is 5.84 Å². The van der Waals surface area contributed by atoms with Crippen LogP contribution in [0.5, 0.6) is 0 Å². The van der Waals surface area contributed by atoms with Crippen molar-refractivity contribution >= 4 is 39.9 Å². The zero-order valence-corrected chi connectivity index (χ0v) is 27.4. The second-order valence-electron chi connectivity index (χ2n) is 12.3. The van der Waals surface area contributed by atoms with Crippen molar-refractivity contribution < 1.29 is 0 Å². The quantitative estimate of drug-likeness (QED) is 0.189. The summed E-state index contributed by atoms with van der Waals surface area (Å²) in [4.78, 5) is 11.6. The van der Waals surface area contributed by atoms with Gasteiger partial charge >= 0.3 is 0 Å². The summed E-state index contributed by atoms with van der Waals surface area (Å²) in [6.07, 6.45) is -0.267. The van der Waals surface area contributed by atoms with Crippen molar-refractivity contribution in [3.05, 3.63) is 192 Å².